The molecule has 178 valence electrons. The fourth-order valence-electron chi connectivity index (χ4n) is 4.11. The van der Waals surface area contributed by atoms with E-state index in [0.717, 1.165) is 0 Å². The fourth-order valence-corrected chi connectivity index (χ4v) is 4.11. The van der Waals surface area contributed by atoms with Gasteiger partial charge in [-0.1, -0.05) is 5.21 Å². The predicted octanol–water partition coefficient (Wildman–Crippen LogP) is -0.361. The van der Waals surface area contributed by atoms with E-state index in [2.05, 4.69) is 30.9 Å². The average molecular weight is 475 g/mol. The Morgan fingerprint density at radius 3 is 2.89 bits per heavy atom. The fraction of sp³-hybridized carbons (Fsp3) is 0.273. The summed E-state index contributed by atoms with van der Waals surface area (Å²) in [4.78, 5) is 58.6. The van der Waals surface area contributed by atoms with Crippen LogP contribution in [-0.4, -0.2) is 59.5 Å². The maximum Gasteiger partial charge on any atom is 0.273 e. The smallest absolute Gasteiger partial charge is 0.273 e. The molecule has 2 aliphatic heterocycles. The number of nitrogens with two attached hydrogens (primary N) is 1. The van der Waals surface area contributed by atoms with Crippen molar-refractivity contribution in [2.24, 2.45) is 0 Å². The quantitative estimate of drug-likeness (QED) is 0.416. The second-order valence-corrected chi connectivity index (χ2v) is 8.30. The van der Waals surface area contributed by atoms with Crippen molar-refractivity contribution >= 4 is 29.4 Å². The van der Waals surface area contributed by atoms with Crippen molar-refractivity contribution in [2.75, 3.05) is 5.73 Å². The highest BCUT2D eigenvalue weighted by molar-refractivity contribution is 6.05. The Balaban J connectivity index is 1.28. The standard InChI is InChI=1S/C22H21N9O4/c1-11-24-7-13(19(23)26-11)8-25-20(33)16-10-31(29-28-16)14-2-3-15-12(6-14)9-30(22(15)35)17-4-5-18(32)27-21(17)34/h2-3,6-7,10,17H,4-5,8-9H2,1H3,(H,25,33)(H2,23,24,26)(H,27,32,34). The molecule has 1 fully saturated rings. The van der Waals surface area contributed by atoms with Gasteiger partial charge in [0.25, 0.3) is 11.8 Å². The van der Waals surface area contributed by atoms with Crippen molar-refractivity contribution in [1.82, 2.24) is 40.5 Å². The summed E-state index contributed by atoms with van der Waals surface area (Å²) < 4.78 is 1.43. The summed E-state index contributed by atoms with van der Waals surface area (Å²) in [6, 6.07) is 4.41. The van der Waals surface area contributed by atoms with Crippen LogP contribution in [0.25, 0.3) is 5.69 Å². The third-order valence-corrected chi connectivity index (χ3v) is 5.96. The first-order valence-electron chi connectivity index (χ1n) is 10.9. The van der Waals surface area contributed by atoms with E-state index >= 15 is 0 Å². The molecule has 0 aliphatic carbocycles. The molecule has 2 aromatic heterocycles. The van der Waals surface area contributed by atoms with Crippen LogP contribution in [0.2, 0.25) is 0 Å². The van der Waals surface area contributed by atoms with Gasteiger partial charge in [-0.05, 0) is 37.1 Å². The largest absolute Gasteiger partial charge is 0.383 e. The molecule has 0 spiro atoms. The van der Waals surface area contributed by atoms with Gasteiger partial charge in [-0.15, -0.1) is 5.10 Å². The number of rotatable bonds is 5. The van der Waals surface area contributed by atoms with E-state index in [1.54, 1.807) is 31.3 Å². The number of carbonyl (C=O) groups is 4. The van der Waals surface area contributed by atoms with Gasteiger partial charge < -0.3 is 16.0 Å². The van der Waals surface area contributed by atoms with Crippen LogP contribution in [0.5, 0.6) is 0 Å². The molecule has 13 nitrogen and oxygen atoms in total. The van der Waals surface area contributed by atoms with Crippen molar-refractivity contribution in [3.63, 3.8) is 0 Å². The minimum Gasteiger partial charge on any atom is -0.383 e. The molecule has 35 heavy (non-hydrogen) atoms. The first-order chi connectivity index (χ1) is 16.8. The highest BCUT2D eigenvalue weighted by Crippen LogP contribution is 2.29. The van der Waals surface area contributed by atoms with E-state index < -0.39 is 17.9 Å². The van der Waals surface area contributed by atoms with Crippen molar-refractivity contribution < 1.29 is 19.2 Å². The molecule has 1 saturated heterocycles. The molecular weight excluding hydrogens is 454 g/mol. The van der Waals surface area contributed by atoms with E-state index in [4.69, 9.17) is 5.73 Å². The average Bonchev–Trinajstić information content (AvgIpc) is 3.44. The predicted molar refractivity (Wildman–Crippen MR) is 120 cm³/mol. The van der Waals surface area contributed by atoms with Crippen LogP contribution in [0.15, 0.2) is 30.6 Å². The summed E-state index contributed by atoms with van der Waals surface area (Å²) in [5, 5.41) is 12.9. The van der Waals surface area contributed by atoms with E-state index in [1.165, 1.54) is 15.8 Å². The van der Waals surface area contributed by atoms with E-state index in [0.29, 0.717) is 40.4 Å². The number of aryl methyl sites for hydroxylation is 1. The van der Waals surface area contributed by atoms with Gasteiger partial charge in [-0.2, -0.15) is 0 Å². The number of hydrogen-bond donors (Lipinski definition) is 3. The third kappa shape index (κ3) is 4.18. The minimum atomic E-state index is -0.689. The molecule has 4 N–H and O–H groups in total. The Morgan fingerprint density at radius 2 is 2.11 bits per heavy atom. The molecule has 5 rings (SSSR count). The number of benzene rings is 1. The van der Waals surface area contributed by atoms with E-state index in [-0.39, 0.29) is 37.0 Å². The normalized spacial score (nSPS) is 17.3. The van der Waals surface area contributed by atoms with Gasteiger partial charge in [-0.3, -0.25) is 24.5 Å². The van der Waals surface area contributed by atoms with E-state index in [1.807, 2.05) is 0 Å². The zero-order valence-corrected chi connectivity index (χ0v) is 18.7. The van der Waals surface area contributed by atoms with Gasteiger partial charge in [0.15, 0.2) is 5.69 Å². The van der Waals surface area contributed by atoms with Gasteiger partial charge >= 0.3 is 0 Å². The Morgan fingerprint density at radius 1 is 1.29 bits per heavy atom. The lowest BCUT2D eigenvalue weighted by atomic mass is 10.0. The topological polar surface area (TPSA) is 178 Å². The number of aromatic nitrogens is 5. The molecule has 0 radical (unpaired) electrons. The SMILES string of the molecule is Cc1ncc(CNC(=O)c2cn(-c3ccc4c(c3)CN(C3CCC(=O)NC3=O)C4=O)nn2)c(N)n1. The van der Waals surface area contributed by atoms with Crippen LogP contribution in [0.3, 0.4) is 0 Å². The second-order valence-electron chi connectivity index (χ2n) is 8.30. The summed E-state index contributed by atoms with van der Waals surface area (Å²) in [5.41, 5.74) is 8.33. The number of piperidine rings is 1. The highest BCUT2D eigenvalue weighted by Gasteiger charge is 2.39. The number of nitrogens with zero attached hydrogens (tertiary/aromatic N) is 6. The summed E-state index contributed by atoms with van der Waals surface area (Å²) >= 11 is 0. The van der Waals surface area contributed by atoms with Gasteiger partial charge in [0.2, 0.25) is 11.8 Å². The first-order valence-corrected chi connectivity index (χ1v) is 10.9. The molecule has 13 heteroatoms. The zero-order valence-electron chi connectivity index (χ0n) is 18.7. The summed E-state index contributed by atoms with van der Waals surface area (Å²) in [7, 11) is 0. The lowest BCUT2D eigenvalue weighted by Crippen LogP contribution is -2.52. The maximum absolute atomic E-state index is 12.9. The van der Waals surface area contributed by atoms with Crippen LogP contribution >= 0.6 is 0 Å². The number of carbonyl (C=O) groups excluding carboxylic acids is 4. The summed E-state index contributed by atoms with van der Waals surface area (Å²) in [6.07, 6.45) is 3.51. The molecule has 1 aromatic carbocycles. The number of nitrogen functional groups attached to an aromatic ring is 1. The zero-order chi connectivity index (χ0) is 24.7. The number of fused-ring (bicyclic) bond motifs is 1. The summed E-state index contributed by atoms with van der Waals surface area (Å²) in [5.74, 6) is -0.680. The van der Waals surface area contributed by atoms with Crippen LogP contribution in [0.4, 0.5) is 5.82 Å². The number of nitrogens with one attached hydrogen (secondary N) is 2. The third-order valence-electron chi connectivity index (χ3n) is 5.96. The monoisotopic (exact) mass is 475 g/mol. The van der Waals surface area contributed by atoms with Crippen molar-refractivity contribution in [3.8, 4) is 5.69 Å². The van der Waals surface area contributed by atoms with Crippen molar-refractivity contribution in [2.45, 2.75) is 38.9 Å². The second kappa shape index (κ2) is 8.59. The number of hydrogen-bond acceptors (Lipinski definition) is 9. The van der Waals surface area contributed by atoms with Crippen LogP contribution in [0, 0.1) is 6.92 Å². The molecule has 2 aliphatic rings. The van der Waals surface area contributed by atoms with Crippen molar-refractivity contribution in [1.29, 1.82) is 0 Å². The Labute approximate surface area is 198 Å². The van der Waals surface area contributed by atoms with Gasteiger partial charge in [0.1, 0.15) is 17.7 Å². The lowest BCUT2D eigenvalue weighted by Gasteiger charge is -2.29. The molecule has 1 atom stereocenters. The van der Waals surface area contributed by atoms with Gasteiger partial charge in [-0.25, -0.2) is 14.6 Å². The minimum absolute atomic E-state index is 0.0957. The molecule has 0 saturated carbocycles. The number of imide groups is 1. The Bertz CT molecular complexity index is 1380. The number of amides is 4. The summed E-state index contributed by atoms with van der Waals surface area (Å²) in [6.45, 7) is 2.09. The molecule has 3 aromatic rings. The lowest BCUT2D eigenvalue weighted by molar-refractivity contribution is -0.136. The van der Waals surface area contributed by atoms with Crippen LogP contribution in [-0.2, 0) is 22.7 Å². The van der Waals surface area contributed by atoms with Crippen LogP contribution < -0.4 is 16.4 Å². The van der Waals surface area contributed by atoms with Crippen LogP contribution in [0.1, 0.15) is 50.6 Å². The molecule has 4 amide bonds. The molecule has 1 unspecified atom stereocenters. The molecule has 4 heterocycles. The first kappa shape index (κ1) is 22.1. The maximum atomic E-state index is 12.9. The van der Waals surface area contributed by atoms with Gasteiger partial charge in [0, 0.05) is 36.8 Å². The molecular formula is C22H21N9O4. The number of anilines is 1. The van der Waals surface area contributed by atoms with E-state index in [9.17, 15) is 19.2 Å². The Hall–Kier alpha value is -4.68. The van der Waals surface area contributed by atoms with Crippen molar-refractivity contribution in [3.05, 3.63) is 58.8 Å². The Kier molecular flexibility index (Phi) is 5.43. The highest BCUT2D eigenvalue weighted by atomic mass is 16.2. The van der Waals surface area contributed by atoms with Gasteiger partial charge in [0.05, 0.1) is 11.9 Å². The molecule has 0 bridgehead atoms.